The van der Waals surface area contributed by atoms with E-state index >= 15 is 0 Å². The lowest BCUT2D eigenvalue weighted by Gasteiger charge is -2.33. The van der Waals surface area contributed by atoms with E-state index in [2.05, 4.69) is 5.32 Å². The summed E-state index contributed by atoms with van der Waals surface area (Å²) in [5, 5.41) is 3.43. The Bertz CT molecular complexity index is 1330. The first-order chi connectivity index (χ1) is 18.6. The summed E-state index contributed by atoms with van der Waals surface area (Å²) in [5.41, 5.74) is 3.12. The Kier molecular flexibility index (Phi) is 10.9. The van der Waals surface area contributed by atoms with E-state index < -0.39 is 28.5 Å². The molecule has 1 N–H and O–H groups in total. The molecule has 7 nitrogen and oxygen atoms in total. The van der Waals surface area contributed by atoms with Crippen LogP contribution >= 0.6 is 11.6 Å². The number of benzene rings is 3. The molecule has 3 rings (SSSR count). The fraction of sp³-hybridized carbons (Fsp3) is 0.333. The zero-order valence-corrected chi connectivity index (χ0v) is 24.2. The van der Waals surface area contributed by atoms with Gasteiger partial charge < -0.3 is 10.2 Å². The summed E-state index contributed by atoms with van der Waals surface area (Å²) < 4.78 is 26.6. The SMILES string of the molecule is CCCCNC(=O)C(Cc1ccccc1)N(Cc1ccc(C)cc1)C(=O)CN(c1ccc(Cl)cc1)S(C)(=O)=O. The van der Waals surface area contributed by atoms with Crippen LogP contribution in [0.5, 0.6) is 0 Å². The lowest BCUT2D eigenvalue weighted by molar-refractivity contribution is -0.140. The minimum Gasteiger partial charge on any atom is -0.354 e. The van der Waals surface area contributed by atoms with Gasteiger partial charge in [-0.1, -0.05) is 85.1 Å². The summed E-state index contributed by atoms with van der Waals surface area (Å²) in [6, 6.07) is 22.6. The lowest BCUT2D eigenvalue weighted by atomic mass is 10.0. The minimum atomic E-state index is -3.82. The van der Waals surface area contributed by atoms with Gasteiger partial charge in [0.15, 0.2) is 0 Å². The van der Waals surface area contributed by atoms with Gasteiger partial charge in [0, 0.05) is 24.5 Å². The number of halogens is 1. The number of sulfonamides is 1. The van der Waals surface area contributed by atoms with Crippen LogP contribution in [0.15, 0.2) is 78.9 Å². The van der Waals surface area contributed by atoms with Crippen LogP contribution < -0.4 is 9.62 Å². The van der Waals surface area contributed by atoms with Gasteiger partial charge in [0.1, 0.15) is 12.6 Å². The van der Waals surface area contributed by atoms with Crippen molar-refractivity contribution >= 4 is 39.1 Å². The Morgan fingerprint density at radius 2 is 1.56 bits per heavy atom. The average Bonchev–Trinajstić information content (AvgIpc) is 2.91. The number of unbranched alkanes of at least 4 members (excludes halogenated alkanes) is 1. The predicted molar refractivity (Wildman–Crippen MR) is 157 cm³/mol. The molecule has 0 aromatic heterocycles. The second-order valence-corrected chi connectivity index (χ2v) is 11.9. The molecule has 3 aromatic rings. The number of aryl methyl sites for hydroxylation is 1. The van der Waals surface area contributed by atoms with Crippen LogP contribution in [0, 0.1) is 6.92 Å². The monoisotopic (exact) mass is 569 g/mol. The van der Waals surface area contributed by atoms with Crippen LogP contribution in [0.1, 0.15) is 36.5 Å². The molecule has 9 heteroatoms. The van der Waals surface area contributed by atoms with Gasteiger partial charge in [0.05, 0.1) is 11.9 Å². The Hall–Kier alpha value is -3.36. The quantitative estimate of drug-likeness (QED) is 0.294. The standard InChI is InChI=1S/C30H36ClN3O4S/c1-4-5-19-32-30(36)28(20-24-9-7-6-8-10-24)33(21-25-13-11-23(2)12-14-25)29(35)22-34(39(3,37)38)27-17-15-26(31)16-18-27/h6-18,28H,4-5,19-22H2,1-3H3,(H,32,36). The van der Waals surface area contributed by atoms with Crippen molar-refractivity contribution < 1.29 is 18.0 Å². The van der Waals surface area contributed by atoms with Crippen LogP contribution in [-0.2, 0) is 32.6 Å². The highest BCUT2D eigenvalue weighted by Crippen LogP contribution is 2.22. The second-order valence-electron chi connectivity index (χ2n) is 9.60. The van der Waals surface area contributed by atoms with Crippen molar-refractivity contribution in [3.05, 3.63) is 101 Å². The zero-order valence-electron chi connectivity index (χ0n) is 22.6. The van der Waals surface area contributed by atoms with Crippen molar-refractivity contribution in [2.75, 3.05) is 23.7 Å². The number of nitrogens with zero attached hydrogens (tertiary/aromatic N) is 2. The molecule has 0 radical (unpaired) electrons. The van der Waals surface area contributed by atoms with Crippen LogP contribution in [0.2, 0.25) is 5.02 Å². The number of anilines is 1. The van der Waals surface area contributed by atoms with E-state index in [0.717, 1.165) is 40.1 Å². The Balaban J connectivity index is 2.01. The van der Waals surface area contributed by atoms with Crippen molar-refractivity contribution in [1.82, 2.24) is 10.2 Å². The molecule has 0 spiro atoms. The fourth-order valence-corrected chi connectivity index (χ4v) is 5.15. The molecule has 0 aliphatic rings. The van der Waals surface area contributed by atoms with E-state index in [1.54, 1.807) is 24.3 Å². The number of nitrogens with one attached hydrogen (secondary N) is 1. The van der Waals surface area contributed by atoms with Gasteiger partial charge in [-0.15, -0.1) is 0 Å². The summed E-state index contributed by atoms with van der Waals surface area (Å²) in [4.78, 5) is 29.0. The topological polar surface area (TPSA) is 86.8 Å². The Morgan fingerprint density at radius 1 is 0.923 bits per heavy atom. The summed E-state index contributed by atoms with van der Waals surface area (Å²) in [6.45, 7) is 4.20. The third-order valence-corrected chi connectivity index (χ3v) is 7.76. The highest BCUT2D eigenvalue weighted by molar-refractivity contribution is 7.92. The summed E-state index contributed by atoms with van der Waals surface area (Å²) >= 11 is 6.01. The smallest absolute Gasteiger partial charge is 0.244 e. The molecule has 3 aromatic carbocycles. The van der Waals surface area contributed by atoms with Crippen LogP contribution in [0.4, 0.5) is 5.69 Å². The predicted octanol–water partition coefficient (Wildman–Crippen LogP) is 4.97. The number of hydrogen-bond donors (Lipinski definition) is 1. The fourth-order valence-electron chi connectivity index (χ4n) is 4.17. The number of amides is 2. The van der Waals surface area contributed by atoms with Crippen molar-refractivity contribution in [2.24, 2.45) is 0 Å². The van der Waals surface area contributed by atoms with Gasteiger partial charge in [0.2, 0.25) is 21.8 Å². The first-order valence-corrected chi connectivity index (χ1v) is 15.2. The third-order valence-electron chi connectivity index (χ3n) is 6.37. The van der Waals surface area contributed by atoms with E-state index in [1.165, 1.54) is 4.90 Å². The summed E-state index contributed by atoms with van der Waals surface area (Å²) in [6.07, 6.45) is 3.07. The molecule has 0 saturated heterocycles. The molecule has 0 heterocycles. The van der Waals surface area contributed by atoms with Crippen molar-refractivity contribution in [1.29, 1.82) is 0 Å². The molecular weight excluding hydrogens is 534 g/mol. The number of carbonyl (C=O) groups excluding carboxylic acids is 2. The van der Waals surface area contributed by atoms with Gasteiger partial charge in [-0.25, -0.2) is 8.42 Å². The van der Waals surface area contributed by atoms with Crippen LogP contribution in [0.3, 0.4) is 0 Å². The maximum Gasteiger partial charge on any atom is 0.244 e. The van der Waals surface area contributed by atoms with Gasteiger partial charge in [-0.05, 0) is 48.7 Å². The molecule has 1 atom stereocenters. The number of rotatable bonds is 13. The minimum absolute atomic E-state index is 0.149. The number of hydrogen-bond acceptors (Lipinski definition) is 4. The Morgan fingerprint density at radius 3 is 2.15 bits per heavy atom. The molecule has 0 fully saturated rings. The normalized spacial score (nSPS) is 12.0. The second kappa shape index (κ2) is 14.1. The van der Waals surface area contributed by atoms with E-state index in [0.29, 0.717) is 17.3 Å². The maximum absolute atomic E-state index is 14.0. The largest absolute Gasteiger partial charge is 0.354 e. The molecular formula is C30H36ClN3O4S. The molecule has 0 aliphatic carbocycles. The van der Waals surface area contributed by atoms with Gasteiger partial charge in [-0.2, -0.15) is 0 Å². The lowest BCUT2D eigenvalue weighted by Crippen LogP contribution is -2.53. The molecule has 0 bridgehead atoms. The molecule has 0 saturated carbocycles. The highest BCUT2D eigenvalue weighted by atomic mass is 35.5. The molecule has 1 unspecified atom stereocenters. The highest BCUT2D eigenvalue weighted by Gasteiger charge is 2.32. The van der Waals surface area contributed by atoms with Crippen molar-refractivity contribution in [2.45, 2.75) is 45.7 Å². The van der Waals surface area contributed by atoms with E-state index in [4.69, 9.17) is 11.6 Å². The third kappa shape index (κ3) is 9.11. The molecule has 39 heavy (non-hydrogen) atoms. The zero-order chi connectivity index (χ0) is 28.4. The summed E-state index contributed by atoms with van der Waals surface area (Å²) in [7, 11) is -3.82. The van der Waals surface area contributed by atoms with Crippen LogP contribution in [0.25, 0.3) is 0 Å². The van der Waals surface area contributed by atoms with E-state index in [-0.39, 0.29) is 18.9 Å². The first kappa shape index (κ1) is 30.2. The molecule has 2 amide bonds. The average molecular weight is 570 g/mol. The van der Waals surface area contributed by atoms with Crippen molar-refractivity contribution in [3.8, 4) is 0 Å². The Labute approximate surface area is 236 Å². The van der Waals surface area contributed by atoms with Crippen molar-refractivity contribution in [3.63, 3.8) is 0 Å². The first-order valence-electron chi connectivity index (χ1n) is 13.0. The summed E-state index contributed by atoms with van der Waals surface area (Å²) in [5.74, 6) is -0.757. The van der Waals surface area contributed by atoms with E-state index in [1.807, 2.05) is 68.4 Å². The molecule has 0 aliphatic heterocycles. The number of carbonyl (C=O) groups is 2. The van der Waals surface area contributed by atoms with Crippen LogP contribution in [-0.4, -0.2) is 50.5 Å². The van der Waals surface area contributed by atoms with Gasteiger partial charge >= 0.3 is 0 Å². The van der Waals surface area contributed by atoms with Gasteiger partial charge in [0.25, 0.3) is 0 Å². The maximum atomic E-state index is 14.0. The van der Waals surface area contributed by atoms with E-state index in [9.17, 15) is 18.0 Å². The molecule has 208 valence electrons. The van der Waals surface area contributed by atoms with Gasteiger partial charge in [-0.3, -0.25) is 13.9 Å².